The molecule has 1 unspecified atom stereocenters. The van der Waals surface area contributed by atoms with E-state index in [0.717, 1.165) is 11.5 Å². The Morgan fingerprint density at radius 2 is 1.88 bits per heavy atom. The van der Waals surface area contributed by atoms with Crippen molar-refractivity contribution in [1.29, 1.82) is 0 Å². The minimum absolute atomic E-state index is 0.141. The molecule has 0 saturated heterocycles. The minimum atomic E-state index is -0.575. The number of aryl methyl sites for hydroxylation is 1. The van der Waals surface area contributed by atoms with Crippen LogP contribution in [-0.4, -0.2) is 40.2 Å². The molecule has 0 radical (unpaired) electrons. The lowest BCUT2D eigenvalue weighted by Gasteiger charge is -2.06. The van der Waals surface area contributed by atoms with E-state index in [4.69, 9.17) is 10.2 Å². The first-order valence-corrected chi connectivity index (χ1v) is 7.42. The zero-order chi connectivity index (χ0) is 11.8. The molecule has 0 saturated carbocycles. The van der Waals surface area contributed by atoms with Crippen molar-refractivity contribution >= 4 is 23.5 Å². The zero-order valence-corrected chi connectivity index (χ0v) is 11.1. The van der Waals surface area contributed by atoms with E-state index in [1.807, 2.05) is 11.8 Å². The van der Waals surface area contributed by atoms with Crippen LogP contribution in [0.25, 0.3) is 0 Å². The lowest BCUT2D eigenvalue weighted by atomic mass is 10.2. The second-order valence-electron chi connectivity index (χ2n) is 3.57. The van der Waals surface area contributed by atoms with Gasteiger partial charge in [-0.2, -0.15) is 11.8 Å². The summed E-state index contributed by atoms with van der Waals surface area (Å²) >= 11 is 3.50. The molecule has 0 aliphatic carbocycles. The molecule has 0 fully saturated rings. The molecule has 0 bridgehead atoms. The van der Waals surface area contributed by atoms with Crippen molar-refractivity contribution in [3.63, 3.8) is 0 Å². The molecule has 0 amide bonds. The molecule has 1 atom stereocenters. The van der Waals surface area contributed by atoms with Crippen molar-refractivity contribution in [2.24, 2.45) is 0 Å². The minimum Gasteiger partial charge on any atom is -0.394 e. The third-order valence-corrected chi connectivity index (χ3v) is 4.42. The van der Waals surface area contributed by atoms with Crippen molar-refractivity contribution in [3.05, 3.63) is 29.8 Å². The van der Waals surface area contributed by atoms with Gasteiger partial charge in [-0.1, -0.05) is 17.7 Å². The maximum absolute atomic E-state index is 9.13. The predicted octanol–water partition coefficient (Wildman–Crippen LogP) is 2.17. The first kappa shape index (κ1) is 13.9. The van der Waals surface area contributed by atoms with Gasteiger partial charge in [0, 0.05) is 22.2 Å². The van der Waals surface area contributed by atoms with E-state index in [1.54, 1.807) is 11.8 Å². The lowest BCUT2D eigenvalue weighted by molar-refractivity contribution is 0.113. The molecule has 0 aliphatic heterocycles. The molecule has 0 aromatic heterocycles. The molecular formula is C12H18O2S2. The van der Waals surface area contributed by atoms with Crippen LogP contribution in [0.2, 0.25) is 0 Å². The summed E-state index contributed by atoms with van der Waals surface area (Å²) in [5, 5.41) is 17.8. The van der Waals surface area contributed by atoms with Crippen molar-refractivity contribution in [1.82, 2.24) is 0 Å². The Bertz CT molecular complexity index is 288. The third kappa shape index (κ3) is 5.80. The van der Waals surface area contributed by atoms with Crippen LogP contribution >= 0.6 is 23.5 Å². The second-order valence-corrected chi connectivity index (χ2v) is 5.89. The van der Waals surface area contributed by atoms with Crippen molar-refractivity contribution < 1.29 is 10.2 Å². The topological polar surface area (TPSA) is 40.5 Å². The standard InChI is InChI=1S/C12H18O2S2/c1-10-2-4-12(5-3-10)16-7-6-15-9-11(14)8-13/h2-5,11,13-14H,6-9H2,1H3. The van der Waals surface area contributed by atoms with Gasteiger partial charge in [0.05, 0.1) is 12.7 Å². The molecule has 0 heterocycles. The number of aliphatic hydroxyl groups is 2. The van der Waals surface area contributed by atoms with Crippen molar-refractivity contribution in [2.75, 3.05) is 23.9 Å². The number of benzene rings is 1. The summed E-state index contributed by atoms with van der Waals surface area (Å²) in [6.07, 6.45) is -0.575. The highest BCUT2D eigenvalue weighted by Crippen LogP contribution is 2.19. The normalized spacial score (nSPS) is 12.7. The van der Waals surface area contributed by atoms with Gasteiger partial charge >= 0.3 is 0 Å². The molecule has 0 spiro atoms. The number of rotatable bonds is 7. The van der Waals surface area contributed by atoms with Crippen LogP contribution in [0.3, 0.4) is 0 Å². The van der Waals surface area contributed by atoms with Crippen LogP contribution in [0.5, 0.6) is 0 Å². The molecule has 2 nitrogen and oxygen atoms in total. The summed E-state index contributed by atoms with van der Waals surface area (Å²) in [4.78, 5) is 1.29. The molecule has 1 aromatic carbocycles. The van der Waals surface area contributed by atoms with E-state index in [9.17, 15) is 0 Å². The zero-order valence-electron chi connectivity index (χ0n) is 9.43. The largest absolute Gasteiger partial charge is 0.394 e. The fraction of sp³-hybridized carbons (Fsp3) is 0.500. The summed E-state index contributed by atoms with van der Waals surface area (Å²) in [7, 11) is 0. The first-order valence-electron chi connectivity index (χ1n) is 5.28. The quantitative estimate of drug-likeness (QED) is 0.581. The number of aliphatic hydroxyl groups excluding tert-OH is 2. The van der Waals surface area contributed by atoms with Gasteiger partial charge < -0.3 is 10.2 Å². The maximum Gasteiger partial charge on any atom is 0.0861 e. The van der Waals surface area contributed by atoms with Gasteiger partial charge in [-0.05, 0) is 19.1 Å². The molecular weight excluding hydrogens is 240 g/mol. The van der Waals surface area contributed by atoms with E-state index in [-0.39, 0.29) is 6.61 Å². The van der Waals surface area contributed by atoms with Gasteiger partial charge in [0.25, 0.3) is 0 Å². The second kappa shape index (κ2) is 8.01. The Morgan fingerprint density at radius 1 is 1.19 bits per heavy atom. The average Bonchev–Trinajstić information content (AvgIpc) is 2.31. The number of hydrogen-bond donors (Lipinski definition) is 2. The summed E-state index contributed by atoms with van der Waals surface area (Å²) in [5.41, 5.74) is 1.28. The van der Waals surface area contributed by atoms with Gasteiger partial charge in [0.2, 0.25) is 0 Å². The van der Waals surface area contributed by atoms with Gasteiger partial charge in [0.1, 0.15) is 0 Å². The number of thioether (sulfide) groups is 2. The Morgan fingerprint density at radius 3 is 2.50 bits per heavy atom. The molecule has 1 aromatic rings. The fourth-order valence-electron chi connectivity index (χ4n) is 1.13. The Kier molecular flexibility index (Phi) is 6.96. The molecule has 0 aliphatic rings. The average molecular weight is 258 g/mol. The predicted molar refractivity (Wildman–Crippen MR) is 72.3 cm³/mol. The van der Waals surface area contributed by atoms with Crippen LogP contribution < -0.4 is 0 Å². The SMILES string of the molecule is Cc1ccc(SCCSCC(O)CO)cc1. The number of hydrogen-bond acceptors (Lipinski definition) is 4. The molecule has 16 heavy (non-hydrogen) atoms. The smallest absolute Gasteiger partial charge is 0.0861 e. The first-order chi connectivity index (χ1) is 7.72. The highest BCUT2D eigenvalue weighted by molar-refractivity contribution is 8.03. The van der Waals surface area contributed by atoms with Crippen LogP contribution in [0, 0.1) is 6.92 Å². The lowest BCUT2D eigenvalue weighted by Crippen LogP contribution is -2.15. The highest BCUT2D eigenvalue weighted by atomic mass is 32.2. The van der Waals surface area contributed by atoms with Crippen LogP contribution in [0.4, 0.5) is 0 Å². The van der Waals surface area contributed by atoms with Gasteiger partial charge in [-0.15, -0.1) is 11.8 Å². The maximum atomic E-state index is 9.13. The van der Waals surface area contributed by atoms with E-state index in [1.165, 1.54) is 10.5 Å². The summed E-state index contributed by atoms with van der Waals surface area (Å²) in [6, 6.07) is 8.50. The molecule has 1 rings (SSSR count). The van der Waals surface area contributed by atoms with E-state index < -0.39 is 6.10 Å². The molecule has 2 N–H and O–H groups in total. The van der Waals surface area contributed by atoms with Gasteiger partial charge in [0.15, 0.2) is 0 Å². The molecule has 4 heteroatoms. The summed E-state index contributed by atoms with van der Waals surface area (Å²) in [6.45, 7) is 1.94. The third-order valence-electron chi connectivity index (χ3n) is 2.04. The Balaban J connectivity index is 2.09. The van der Waals surface area contributed by atoms with Crippen molar-refractivity contribution in [3.8, 4) is 0 Å². The van der Waals surface area contributed by atoms with E-state index in [2.05, 4.69) is 31.2 Å². The van der Waals surface area contributed by atoms with Gasteiger partial charge in [-0.25, -0.2) is 0 Å². The fourth-order valence-corrected chi connectivity index (χ4v) is 3.04. The Labute approximate surface area is 105 Å². The highest BCUT2D eigenvalue weighted by Gasteiger charge is 2.01. The van der Waals surface area contributed by atoms with Crippen LogP contribution in [-0.2, 0) is 0 Å². The summed E-state index contributed by atoms with van der Waals surface area (Å²) < 4.78 is 0. The monoisotopic (exact) mass is 258 g/mol. The van der Waals surface area contributed by atoms with Crippen LogP contribution in [0.15, 0.2) is 29.2 Å². The Hall–Kier alpha value is -0.160. The van der Waals surface area contributed by atoms with Crippen molar-refractivity contribution in [2.45, 2.75) is 17.9 Å². The summed E-state index contributed by atoms with van der Waals surface area (Å²) in [5.74, 6) is 2.65. The van der Waals surface area contributed by atoms with E-state index >= 15 is 0 Å². The van der Waals surface area contributed by atoms with Gasteiger partial charge in [-0.3, -0.25) is 0 Å². The van der Waals surface area contributed by atoms with E-state index in [0.29, 0.717) is 5.75 Å². The molecule has 90 valence electrons. The van der Waals surface area contributed by atoms with Crippen LogP contribution in [0.1, 0.15) is 5.56 Å².